The summed E-state index contributed by atoms with van der Waals surface area (Å²) >= 11 is 0. The zero-order valence-electron chi connectivity index (χ0n) is 9.83. The van der Waals surface area contributed by atoms with E-state index >= 15 is 0 Å². The van der Waals surface area contributed by atoms with Crippen molar-refractivity contribution in [1.29, 1.82) is 0 Å². The van der Waals surface area contributed by atoms with Crippen molar-refractivity contribution in [3.63, 3.8) is 0 Å². The zero-order chi connectivity index (χ0) is 13.1. The highest BCUT2D eigenvalue weighted by Crippen LogP contribution is 2.25. The first-order chi connectivity index (χ1) is 7.78. The molecule has 0 radical (unpaired) electrons. The van der Waals surface area contributed by atoms with E-state index in [0.29, 0.717) is 12.2 Å². The molecule has 0 aliphatic carbocycles. The number of halogens is 3. The minimum atomic E-state index is -4.25. The van der Waals surface area contributed by atoms with Crippen LogP contribution in [0.2, 0.25) is 0 Å². The van der Waals surface area contributed by atoms with Crippen LogP contribution in [0.3, 0.4) is 0 Å². The largest absolute Gasteiger partial charge is 0.508 e. The van der Waals surface area contributed by atoms with Gasteiger partial charge in [-0.3, -0.25) is 0 Å². The Balaban J connectivity index is 2.89. The lowest BCUT2D eigenvalue weighted by Gasteiger charge is -2.27. The predicted molar refractivity (Wildman–Crippen MR) is 61.2 cm³/mol. The van der Waals surface area contributed by atoms with Gasteiger partial charge in [-0.25, -0.2) is 0 Å². The Morgan fingerprint density at radius 2 is 1.94 bits per heavy atom. The van der Waals surface area contributed by atoms with Gasteiger partial charge < -0.3 is 10.0 Å². The molecule has 0 saturated carbocycles. The summed E-state index contributed by atoms with van der Waals surface area (Å²) in [7, 11) is 0. The number of hydrogen-bond donors (Lipinski definition) is 1. The van der Waals surface area contributed by atoms with Gasteiger partial charge in [0.1, 0.15) is 12.3 Å². The van der Waals surface area contributed by atoms with Crippen molar-refractivity contribution in [3.05, 3.63) is 24.3 Å². The van der Waals surface area contributed by atoms with Crippen molar-refractivity contribution in [2.75, 3.05) is 18.0 Å². The van der Waals surface area contributed by atoms with Gasteiger partial charge in [0.25, 0.3) is 0 Å². The Morgan fingerprint density at radius 1 is 1.29 bits per heavy atom. The van der Waals surface area contributed by atoms with E-state index in [1.54, 1.807) is 6.07 Å². The average Bonchev–Trinajstić information content (AvgIpc) is 2.13. The molecular weight excluding hydrogens is 231 g/mol. The molecule has 0 aliphatic heterocycles. The van der Waals surface area contributed by atoms with Crippen molar-refractivity contribution < 1.29 is 18.3 Å². The Kier molecular flexibility index (Phi) is 4.26. The highest BCUT2D eigenvalue weighted by atomic mass is 19.4. The lowest BCUT2D eigenvalue weighted by atomic mass is 10.2. The van der Waals surface area contributed by atoms with Gasteiger partial charge in [0.05, 0.1) is 0 Å². The van der Waals surface area contributed by atoms with Crippen LogP contribution in [0.5, 0.6) is 5.75 Å². The molecule has 0 saturated heterocycles. The number of phenolic OH excluding ortho intramolecular Hbond substituents is 1. The second-order valence-corrected chi connectivity index (χ2v) is 4.41. The summed E-state index contributed by atoms with van der Waals surface area (Å²) in [5, 5.41) is 9.29. The monoisotopic (exact) mass is 247 g/mol. The lowest BCUT2D eigenvalue weighted by Crippen LogP contribution is -2.36. The smallest absolute Gasteiger partial charge is 0.405 e. The molecule has 0 bridgehead atoms. The third-order valence-corrected chi connectivity index (χ3v) is 2.15. The maximum atomic E-state index is 12.4. The van der Waals surface area contributed by atoms with Crippen LogP contribution in [0.25, 0.3) is 0 Å². The number of hydrogen-bond acceptors (Lipinski definition) is 2. The third-order valence-electron chi connectivity index (χ3n) is 2.15. The van der Waals surface area contributed by atoms with Crippen molar-refractivity contribution in [2.24, 2.45) is 5.92 Å². The number of anilines is 1. The van der Waals surface area contributed by atoms with Crippen LogP contribution in [0.4, 0.5) is 18.9 Å². The van der Waals surface area contributed by atoms with E-state index in [0.717, 1.165) is 0 Å². The Morgan fingerprint density at radius 3 is 2.41 bits per heavy atom. The molecule has 0 aromatic heterocycles. The standard InChI is InChI=1S/C12H16F3NO/c1-9(2)7-16(8-12(13,14)15)10-4-3-5-11(17)6-10/h3-6,9,17H,7-8H2,1-2H3. The van der Waals surface area contributed by atoms with E-state index in [9.17, 15) is 18.3 Å². The summed E-state index contributed by atoms with van der Waals surface area (Å²) in [5.74, 6) is 0.0816. The lowest BCUT2D eigenvalue weighted by molar-refractivity contribution is -0.119. The van der Waals surface area contributed by atoms with Gasteiger partial charge in [-0.1, -0.05) is 19.9 Å². The normalized spacial score (nSPS) is 11.9. The summed E-state index contributed by atoms with van der Waals surface area (Å²) in [6, 6.07) is 5.88. The summed E-state index contributed by atoms with van der Waals surface area (Å²) in [5.41, 5.74) is 0.385. The average molecular weight is 247 g/mol. The first-order valence-electron chi connectivity index (χ1n) is 5.38. The predicted octanol–water partition coefficient (Wildman–Crippen LogP) is 3.42. The fourth-order valence-corrected chi connectivity index (χ4v) is 1.61. The minimum absolute atomic E-state index is 0.0292. The molecule has 0 fully saturated rings. The highest BCUT2D eigenvalue weighted by molar-refractivity contribution is 5.50. The van der Waals surface area contributed by atoms with E-state index < -0.39 is 12.7 Å². The molecule has 1 aromatic carbocycles. The Hall–Kier alpha value is -1.39. The Bertz CT molecular complexity index is 363. The van der Waals surface area contributed by atoms with E-state index in [4.69, 9.17) is 0 Å². The number of aromatic hydroxyl groups is 1. The van der Waals surface area contributed by atoms with Crippen LogP contribution < -0.4 is 4.90 Å². The summed E-state index contributed by atoms with van der Waals surface area (Å²) in [6.07, 6.45) is -4.25. The van der Waals surface area contributed by atoms with Crippen LogP contribution in [-0.4, -0.2) is 24.4 Å². The quantitative estimate of drug-likeness (QED) is 0.881. The van der Waals surface area contributed by atoms with Crippen molar-refractivity contribution >= 4 is 5.69 Å². The fraction of sp³-hybridized carbons (Fsp3) is 0.500. The molecule has 2 nitrogen and oxygen atoms in total. The van der Waals surface area contributed by atoms with E-state index in [1.807, 2.05) is 13.8 Å². The van der Waals surface area contributed by atoms with Crippen LogP contribution in [0.1, 0.15) is 13.8 Å². The van der Waals surface area contributed by atoms with Crippen molar-refractivity contribution in [2.45, 2.75) is 20.0 Å². The molecule has 1 rings (SSSR count). The van der Waals surface area contributed by atoms with Crippen LogP contribution in [0.15, 0.2) is 24.3 Å². The van der Waals surface area contributed by atoms with Gasteiger partial charge >= 0.3 is 6.18 Å². The molecule has 17 heavy (non-hydrogen) atoms. The highest BCUT2D eigenvalue weighted by Gasteiger charge is 2.31. The summed E-state index contributed by atoms with van der Waals surface area (Å²) < 4.78 is 37.3. The van der Waals surface area contributed by atoms with Crippen molar-refractivity contribution in [3.8, 4) is 5.75 Å². The molecule has 0 spiro atoms. The second-order valence-electron chi connectivity index (χ2n) is 4.41. The minimum Gasteiger partial charge on any atom is -0.508 e. The first-order valence-corrected chi connectivity index (χ1v) is 5.38. The molecule has 96 valence electrons. The van der Waals surface area contributed by atoms with Gasteiger partial charge in [0.15, 0.2) is 0 Å². The van der Waals surface area contributed by atoms with E-state index in [1.165, 1.54) is 23.1 Å². The molecule has 1 N–H and O–H groups in total. The van der Waals surface area contributed by atoms with Gasteiger partial charge in [-0.15, -0.1) is 0 Å². The first kappa shape index (κ1) is 13.7. The topological polar surface area (TPSA) is 23.5 Å². The van der Waals surface area contributed by atoms with E-state index in [2.05, 4.69) is 0 Å². The van der Waals surface area contributed by atoms with Crippen LogP contribution in [0, 0.1) is 5.92 Å². The fourth-order valence-electron chi connectivity index (χ4n) is 1.61. The van der Waals surface area contributed by atoms with Gasteiger partial charge in [0.2, 0.25) is 0 Å². The maximum absolute atomic E-state index is 12.4. The van der Waals surface area contributed by atoms with E-state index in [-0.39, 0.29) is 11.7 Å². The summed E-state index contributed by atoms with van der Waals surface area (Å²) in [4.78, 5) is 1.23. The molecule has 0 amide bonds. The molecule has 1 aromatic rings. The number of phenols is 1. The SMILES string of the molecule is CC(C)CN(CC(F)(F)F)c1cccc(O)c1. The molecule has 0 heterocycles. The molecule has 0 aliphatic rings. The molecule has 0 unspecified atom stereocenters. The maximum Gasteiger partial charge on any atom is 0.405 e. The molecule has 5 heteroatoms. The molecular formula is C12H16F3NO. The van der Waals surface area contributed by atoms with Gasteiger partial charge in [-0.05, 0) is 18.1 Å². The zero-order valence-corrected chi connectivity index (χ0v) is 9.83. The number of alkyl halides is 3. The van der Waals surface area contributed by atoms with Gasteiger partial charge in [0, 0.05) is 18.3 Å². The van der Waals surface area contributed by atoms with Crippen molar-refractivity contribution in [1.82, 2.24) is 0 Å². The summed E-state index contributed by atoms with van der Waals surface area (Å²) in [6.45, 7) is 3.00. The second kappa shape index (κ2) is 5.29. The molecule has 0 atom stereocenters. The third kappa shape index (κ3) is 4.97. The number of benzene rings is 1. The van der Waals surface area contributed by atoms with Gasteiger partial charge in [-0.2, -0.15) is 13.2 Å². The number of nitrogens with zero attached hydrogens (tertiary/aromatic N) is 1. The van der Waals surface area contributed by atoms with Crippen LogP contribution >= 0.6 is 0 Å². The van der Waals surface area contributed by atoms with Crippen LogP contribution in [-0.2, 0) is 0 Å². The Labute approximate surface area is 98.7 Å². The number of rotatable bonds is 4.